The van der Waals surface area contributed by atoms with Gasteiger partial charge in [0.05, 0.1) is 5.75 Å². The molecule has 0 bridgehead atoms. The van der Waals surface area contributed by atoms with Gasteiger partial charge in [0.1, 0.15) is 11.4 Å². The number of aryl methyl sites for hydroxylation is 1. The normalized spacial score (nSPS) is 10.6. The SMILES string of the molecule is Cc1ccccc1CSCC(=O)c1c(N)n(C)c(=O)[nH]c1=O. The van der Waals surface area contributed by atoms with Gasteiger partial charge in [-0.25, -0.2) is 4.79 Å². The van der Waals surface area contributed by atoms with E-state index in [0.717, 1.165) is 15.7 Å². The summed E-state index contributed by atoms with van der Waals surface area (Å²) in [7, 11) is 1.41. The number of Topliss-reactive ketones (excluding diaryl/α,β-unsaturated/α-hetero) is 1. The number of anilines is 1. The zero-order valence-electron chi connectivity index (χ0n) is 12.4. The first kappa shape index (κ1) is 16.1. The summed E-state index contributed by atoms with van der Waals surface area (Å²) in [6.45, 7) is 2.01. The van der Waals surface area contributed by atoms with Crippen LogP contribution in [-0.2, 0) is 12.8 Å². The summed E-state index contributed by atoms with van der Waals surface area (Å²) in [5.41, 5.74) is 6.48. The molecule has 7 heteroatoms. The molecule has 0 saturated carbocycles. The number of thioether (sulfide) groups is 1. The average molecular weight is 319 g/mol. The number of H-pyrrole nitrogens is 1. The molecule has 0 spiro atoms. The van der Waals surface area contributed by atoms with Crippen molar-refractivity contribution in [2.75, 3.05) is 11.5 Å². The molecule has 0 radical (unpaired) electrons. The summed E-state index contributed by atoms with van der Waals surface area (Å²) < 4.78 is 1.06. The van der Waals surface area contributed by atoms with Crippen molar-refractivity contribution in [2.24, 2.45) is 7.05 Å². The highest BCUT2D eigenvalue weighted by Gasteiger charge is 2.17. The first-order valence-electron chi connectivity index (χ1n) is 6.66. The van der Waals surface area contributed by atoms with E-state index in [1.165, 1.54) is 18.8 Å². The highest BCUT2D eigenvalue weighted by atomic mass is 32.2. The second kappa shape index (κ2) is 6.65. The maximum absolute atomic E-state index is 12.2. The predicted molar refractivity (Wildman–Crippen MR) is 88.4 cm³/mol. The zero-order chi connectivity index (χ0) is 16.3. The van der Waals surface area contributed by atoms with E-state index in [1.54, 1.807) is 0 Å². The lowest BCUT2D eigenvalue weighted by atomic mass is 10.1. The van der Waals surface area contributed by atoms with E-state index in [4.69, 9.17) is 5.73 Å². The number of hydrogen-bond acceptors (Lipinski definition) is 5. The van der Waals surface area contributed by atoms with E-state index in [2.05, 4.69) is 4.98 Å². The van der Waals surface area contributed by atoms with Crippen LogP contribution in [0.25, 0.3) is 0 Å². The minimum absolute atomic E-state index is 0.102. The fourth-order valence-electron chi connectivity index (χ4n) is 2.00. The van der Waals surface area contributed by atoms with Crippen LogP contribution in [0, 0.1) is 6.92 Å². The summed E-state index contributed by atoms with van der Waals surface area (Å²) in [5.74, 6) is 0.310. The molecule has 2 aromatic rings. The van der Waals surface area contributed by atoms with Crippen LogP contribution >= 0.6 is 11.8 Å². The van der Waals surface area contributed by atoms with Gasteiger partial charge in [-0.3, -0.25) is 19.1 Å². The van der Waals surface area contributed by atoms with E-state index in [9.17, 15) is 14.4 Å². The van der Waals surface area contributed by atoms with Crippen LogP contribution in [0.2, 0.25) is 0 Å². The smallest absolute Gasteiger partial charge is 0.329 e. The Kier molecular flexibility index (Phi) is 4.87. The van der Waals surface area contributed by atoms with Gasteiger partial charge in [0.25, 0.3) is 5.56 Å². The van der Waals surface area contributed by atoms with E-state index in [1.807, 2.05) is 31.2 Å². The first-order valence-corrected chi connectivity index (χ1v) is 7.81. The second-order valence-corrected chi connectivity index (χ2v) is 5.91. The van der Waals surface area contributed by atoms with Crippen LogP contribution in [-0.4, -0.2) is 21.1 Å². The molecule has 0 aliphatic carbocycles. The molecule has 116 valence electrons. The van der Waals surface area contributed by atoms with Crippen LogP contribution in [0.1, 0.15) is 21.5 Å². The molecule has 1 heterocycles. The maximum atomic E-state index is 12.2. The zero-order valence-corrected chi connectivity index (χ0v) is 13.2. The Morgan fingerprint density at radius 3 is 2.68 bits per heavy atom. The van der Waals surface area contributed by atoms with Crippen LogP contribution in [0.3, 0.4) is 0 Å². The number of nitrogen functional groups attached to an aromatic ring is 1. The number of benzene rings is 1. The molecule has 2 rings (SSSR count). The number of nitrogens with one attached hydrogen (secondary N) is 1. The first-order chi connectivity index (χ1) is 10.4. The van der Waals surface area contributed by atoms with Crippen molar-refractivity contribution in [1.82, 2.24) is 9.55 Å². The molecule has 22 heavy (non-hydrogen) atoms. The Labute approximate surface area is 131 Å². The highest BCUT2D eigenvalue weighted by Crippen LogP contribution is 2.17. The van der Waals surface area contributed by atoms with E-state index >= 15 is 0 Å². The van der Waals surface area contributed by atoms with Crippen LogP contribution < -0.4 is 17.0 Å². The number of carbonyl (C=O) groups excluding carboxylic acids is 1. The molecule has 3 N–H and O–H groups in total. The number of aromatic nitrogens is 2. The van der Waals surface area contributed by atoms with Gasteiger partial charge in [-0.1, -0.05) is 24.3 Å². The van der Waals surface area contributed by atoms with Crippen molar-refractivity contribution in [2.45, 2.75) is 12.7 Å². The van der Waals surface area contributed by atoms with Gasteiger partial charge in [0.2, 0.25) is 0 Å². The molecule has 0 aliphatic heterocycles. The molecule has 0 amide bonds. The van der Waals surface area contributed by atoms with Crippen molar-refractivity contribution in [3.8, 4) is 0 Å². The van der Waals surface area contributed by atoms with Crippen molar-refractivity contribution >= 4 is 23.4 Å². The molecule has 1 aromatic carbocycles. The minimum atomic E-state index is -0.734. The second-order valence-electron chi connectivity index (χ2n) is 4.92. The lowest BCUT2D eigenvalue weighted by Crippen LogP contribution is -2.35. The summed E-state index contributed by atoms with van der Waals surface area (Å²) in [6, 6.07) is 7.91. The number of nitrogens with two attached hydrogens (primary N) is 1. The number of carbonyl (C=O) groups is 1. The van der Waals surface area contributed by atoms with Gasteiger partial charge in [0.15, 0.2) is 5.78 Å². The largest absolute Gasteiger partial charge is 0.384 e. The Balaban J connectivity index is 2.11. The van der Waals surface area contributed by atoms with E-state index in [0.29, 0.717) is 5.75 Å². The van der Waals surface area contributed by atoms with Crippen LogP contribution in [0.15, 0.2) is 33.9 Å². The third kappa shape index (κ3) is 3.30. The van der Waals surface area contributed by atoms with Gasteiger partial charge < -0.3 is 5.73 Å². The Morgan fingerprint density at radius 2 is 2.00 bits per heavy atom. The fourth-order valence-corrected chi connectivity index (χ4v) is 2.98. The van der Waals surface area contributed by atoms with Crippen molar-refractivity contribution in [3.63, 3.8) is 0 Å². The van der Waals surface area contributed by atoms with Gasteiger partial charge >= 0.3 is 5.69 Å². The quantitative estimate of drug-likeness (QED) is 0.804. The number of nitrogens with zero attached hydrogens (tertiary/aromatic N) is 1. The molecular formula is C15H17N3O3S. The predicted octanol–water partition coefficient (Wildman–Crippen LogP) is 1.08. The van der Waals surface area contributed by atoms with Crippen LogP contribution in [0.4, 0.5) is 5.82 Å². The Hall–Kier alpha value is -2.28. The van der Waals surface area contributed by atoms with Crippen LogP contribution in [0.5, 0.6) is 0 Å². The lowest BCUT2D eigenvalue weighted by molar-refractivity contribution is 0.102. The summed E-state index contributed by atoms with van der Waals surface area (Å²) in [5, 5.41) is 0. The Morgan fingerprint density at radius 1 is 1.32 bits per heavy atom. The molecule has 6 nitrogen and oxygen atoms in total. The molecule has 1 aromatic heterocycles. The number of aromatic amines is 1. The average Bonchev–Trinajstić information content (AvgIpc) is 2.47. The topological polar surface area (TPSA) is 97.9 Å². The fraction of sp³-hybridized carbons (Fsp3) is 0.267. The molecule has 0 saturated heterocycles. The van der Waals surface area contributed by atoms with Gasteiger partial charge in [-0.2, -0.15) is 0 Å². The lowest BCUT2D eigenvalue weighted by Gasteiger charge is -2.08. The summed E-state index contributed by atoms with van der Waals surface area (Å²) in [6.07, 6.45) is 0. The Bertz CT molecular complexity index is 824. The molecule has 0 fully saturated rings. The third-order valence-electron chi connectivity index (χ3n) is 3.40. The maximum Gasteiger partial charge on any atom is 0.329 e. The monoisotopic (exact) mass is 319 g/mol. The molecule has 0 aliphatic rings. The van der Waals surface area contributed by atoms with Crippen molar-refractivity contribution < 1.29 is 4.79 Å². The van der Waals surface area contributed by atoms with Gasteiger partial charge in [-0.15, -0.1) is 11.8 Å². The van der Waals surface area contributed by atoms with Gasteiger partial charge in [0, 0.05) is 12.8 Å². The highest BCUT2D eigenvalue weighted by molar-refractivity contribution is 7.99. The van der Waals surface area contributed by atoms with E-state index in [-0.39, 0.29) is 22.9 Å². The van der Waals surface area contributed by atoms with Crippen molar-refractivity contribution in [1.29, 1.82) is 0 Å². The van der Waals surface area contributed by atoms with E-state index < -0.39 is 11.2 Å². The van der Waals surface area contributed by atoms with Crippen molar-refractivity contribution in [3.05, 3.63) is 61.8 Å². The number of rotatable bonds is 5. The summed E-state index contributed by atoms with van der Waals surface area (Å²) in [4.78, 5) is 37.4. The molecule has 0 atom stereocenters. The summed E-state index contributed by atoms with van der Waals surface area (Å²) >= 11 is 1.41. The standard InChI is InChI=1S/C15H17N3O3S/c1-9-5-3-4-6-10(9)7-22-8-11(19)12-13(16)18(2)15(21)17-14(12)20/h3-6H,7-8,16H2,1-2H3,(H,17,20,21). The minimum Gasteiger partial charge on any atom is -0.384 e. The molecule has 0 unspecified atom stereocenters. The number of hydrogen-bond donors (Lipinski definition) is 2. The molecular weight excluding hydrogens is 302 g/mol. The van der Waals surface area contributed by atoms with Gasteiger partial charge in [-0.05, 0) is 18.1 Å². The number of ketones is 1. The third-order valence-corrected chi connectivity index (χ3v) is 4.38.